The van der Waals surface area contributed by atoms with Crippen molar-refractivity contribution < 1.29 is 14.3 Å². The van der Waals surface area contributed by atoms with Crippen LogP contribution in [0.1, 0.15) is 23.8 Å². The largest absolute Gasteiger partial charge is 0.465 e. The predicted molar refractivity (Wildman–Crippen MR) is 110 cm³/mol. The van der Waals surface area contributed by atoms with Crippen LogP contribution in [-0.2, 0) is 0 Å². The number of hydrogen-bond donors (Lipinski definition) is 3. The summed E-state index contributed by atoms with van der Waals surface area (Å²) < 4.78 is 15.1. The van der Waals surface area contributed by atoms with Crippen molar-refractivity contribution in [3.8, 4) is 21.8 Å². The molecule has 0 unspecified atom stereocenters. The number of thiazole rings is 1. The Morgan fingerprint density at radius 3 is 2.79 bits per heavy atom. The van der Waals surface area contributed by atoms with Gasteiger partial charge in [0.2, 0.25) is 5.28 Å². The minimum Gasteiger partial charge on any atom is -0.465 e. The highest BCUT2D eigenvalue weighted by molar-refractivity contribution is 7.15. The average molecular weight is 434 g/mol. The van der Waals surface area contributed by atoms with Crippen LogP contribution in [0, 0.1) is 5.82 Å². The first-order chi connectivity index (χ1) is 14.0. The van der Waals surface area contributed by atoms with Gasteiger partial charge in [-0.3, -0.25) is 5.32 Å². The van der Waals surface area contributed by atoms with E-state index in [1.165, 1.54) is 23.6 Å². The Labute approximate surface area is 175 Å². The van der Waals surface area contributed by atoms with Crippen LogP contribution in [0.5, 0.6) is 0 Å². The van der Waals surface area contributed by atoms with Crippen molar-refractivity contribution in [2.75, 3.05) is 18.4 Å². The normalized spacial score (nSPS) is 14.7. The molecule has 0 saturated carbocycles. The average Bonchev–Trinajstić information content (AvgIpc) is 3.15. The van der Waals surface area contributed by atoms with Crippen LogP contribution in [0.3, 0.4) is 0 Å². The second-order valence-corrected chi connectivity index (χ2v) is 7.93. The van der Waals surface area contributed by atoms with Crippen molar-refractivity contribution in [2.45, 2.75) is 18.8 Å². The zero-order chi connectivity index (χ0) is 20.4. The van der Waals surface area contributed by atoms with E-state index in [0.29, 0.717) is 16.3 Å². The monoisotopic (exact) mass is 433 g/mol. The third-order valence-corrected chi connectivity index (χ3v) is 6.11. The van der Waals surface area contributed by atoms with Gasteiger partial charge in [0.1, 0.15) is 0 Å². The van der Waals surface area contributed by atoms with E-state index in [9.17, 15) is 4.79 Å². The summed E-state index contributed by atoms with van der Waals surface area (Å²) in [6.45, 7) is 1.81. The summed E-state index contributed by atoms with van der Waals surface area (Å²) in [5.41, 5.74) is 1.05. The van der Waals surface area contributed by atoms with Crippen molar-refractivity contribution in [1.82, 2.24) is 20.3 Å². The fraction of sp³-hybridized carbons (Fsp3) is 0.263. The van der Waals surface area contributed by atoms with Crippen LogP contribution in [0.4, 0.5) is 14.9 Å². The van der Waals surface area contributed by atoms with E-state index in [1.54, 1.807) is 18.2 Å². The minimum absolute atomic E-state index is 0.0898. The van der Waals surface area contributed by atoms with Crippen LogP contribution < -0.4 is 10.6 Å². The van der Waals surface area contributed by atoms with Gasteiger partial charge in [-0.05, 0) is 55.7 Å². The maximum atomic E-state index is 15.1. The lowest BCUT2D eigenvalue weighted by atomic mass is 9.99. The summed E-state index contributed by atoms with van der Waals surface area (Å²) in [6, 6.07) is 6.24. The van der Waals surface area contributed by atoms with E-state index >= 15 is 4.39 Å². The Balaban J connectivity index is 1.85. The second kappa shape index (κ2) is 8.40. The van der Waals surface area contributed by atoms with Gasteiger partial charge in [-0.2, -0.15) is 0 Å². The van der Waals surface area contributed by atoms with Crippen LogP contribution in [0.15, 0.2) is 30.5 Å². The second-order valence-electron chi connectivity index (χ2n) is 6.56. The summed E-state index contributed by atoms with van der Waals surface area (Å²) in [4.78, 5) is 24.6. The molecule has 0 spiro atoms. The van der Waals surface area contributed by atoms with Crippen LogP contribution in [0.25, 0.3) is 21.8 Å². The standard InChI is InChI=1S/C19H17ClFN5O2S/c20-18-23-9-6-13(24-18)16-15(26-17(29-16)10-4-7-22-8-5-10)11-2-1-3-12(14(11)21)25-19(27)28/h1-3,6,9-10,22,25H,4-5,7-8H2,(H,27,28). The van der Waals surface area contributed by atoms with Gasteiger partial charge in [-0.25, -0.2) is 24.1 Å². The highest BCUT2D eigenvalue weighted by atomic mass is 35.5. The minimum atomic E-state index is -1.34. The van der Waals surface area contributed by atoms with Crippen LogP contribution >= 0.6 is 22.9 Å². The number of benzene rings is 1. The lowest BCUT2D eigenvalue weighted by Gasteiger charge is -2.20. The Kier molecular flexibility index (Phi) is 5.70. The molecule has 1 aromatic carbocycles. The lowest BCUT2D eigenvalue weighted by Crippen LogP contribution is -2.26. The molecule has 4 rings (SSSR count). The number of aromatic nitrogens is 3. The molecule has 10 heteroatoms. The SMILES string of the molecule is O=C(O)Nc1cccc(-c2nc(C3CCNCC3)sc2-c2ccnc(Cl)n2)c1F. The predicted octanol–water partition coefficient (Wildman–Crippen LogP) is 4.62. The molecule has 29 heavy (non-hydrogen) atoms. The first kappa shape index (κ1) is 19.7. The maximum Gasteiger partial charge on any atom is 0.409 e. The van der Waals surface area contributed by atoms with Gasteiger partial charge in [0.15, 0.2) is 5.82 Å². The zero-order valence-corrected chi connectivity index (χ0v) is 16.7. The first-order valence-corrected chi connectivity index (χ1v) is 10.2. The van der Waals surface area contributed by atoms with Crippen molar-refractivity contribution in [3.63, 3.8) is 0 Å². The summed E-state index contributed by atoms with van der Waals surface area (Å²) in [6.07, 6.45) is 2.09. The number of halogens is 2. The topological polar surface area (TPSA) is 100 Å². The number of rotatable bonds is 4. The number of nitrogens with zero attached hydrogens (tertiary/aromatic N) is 3. The maximum absolute atomic E-state index is 15.1. The Hall–Kier alpha value is -2.62. The van der Waals surface area contributed by atoms with Gasteiger partial charge < -0.3 is 10.4 Å². The fourth-order valence-corrected chi connectivity index (χ4v) is 4.69. The Morgan fingerprint density at radius 2 is 2.07 bits per heavy atom. The van der Waals surface area contributed by atoms with Gasteiger partial charge in [0, 0.05) is 17.7 Å². The zero-order valence-electron chi connectivity index (χ0n) is 15.2. The molecule has 0 aliphatic carbocycles. The highest BCUT2D eigenvalue weighted by Gasteiger charge is 2.25. The van der Waals surface area contributed by atoms with Gasteiger partial charge in [0.25, 0.3) is 0 Å². The molecule has 0 atom stereocenters. The molecule has 3 N–H and O–H groups in total. The third kappa shape index (κ3) is 4.21. The van der Waals surface area contributed by atoms with Crippen LogP contribution in [0.2, 0.25) is 5.28 Å². The fourth-order valence-electron chi connectivity index (χ4n) is 3.32. The number of anilines is 1. The molecule has 2 aromatic heterocycles. The first-order valence-electron chi connectivity index (χ1n) is 9.02. The van der Waals surface area contributed by atoms with E-state index in [-0.39, 0.29) is 22.5 Å². The molecular formula is C19H17ClFN5O2S. The van der Waals surface area contributed by atoms with E-state index < -0.39 is 11.9 Å². The molecule has 1 saturated heterocycles. The Bertz CT molecular complexity index is 1050. The van der Waals surface area contributed by atoms with Gasteiger partial charge in [-0.15, -0.1) is 11.3 Å². The highest BCUT2D eigenvalue weighted by Crippen LogP contribution is 2.42. The van der Waals surface area contributed by atoms with Crippen LogP contribution in [-0.4, -0.2) is 39.2 Å². The lowest BCUT2D eigenvalue weighted by molar-refractivity contribution is 0.209. The molecule has 1 amide bonds. The number of carboxylic acid groups (broad SMARTS) is 1. The molecule has 1 aliphatic rings. The van der Waals surface area contributed by atoms with Crippen molar-refractivity contribution in [2.24, 2.45) is 0 Å². The van der Waals surface area contributed by atoms with Crippen molar-refractivity contribution in [3.05, 3.63) is 46.6 Å². The number of hydrogen-bond acceptors (Lipinski definition) is 6. The third-order valence-electron chi connectivity index (χ3n) is 4.69. The molecule has 0 bridgehead atoms. The number of carbonyl (C=O) groups is 1. The van der Waals surface area contributed by atoms with E-state index in [4.69, 9.17) is 21.7 Å². The molecule has 1 fully saturated rings. The van der Waals surface area contributed by atoms with Crippen molar-refractivity contribution >= 4 is 34.7 Å². The summed E-state index contributed by atoms with van der Waals surface area (Å²) >= 11 is 7.43. The molecule has 0 radical (unpaired) electrons. The number of nitrogens with one attached hydrogen (secondary N) is 2. The quantitative estimate of drug-likeness (QED) is 0.519. The molecule has 150 valence electrons. The van der Waals surface area contributed by atoms with Crippen molar-refractivity contribution in [1.29, 1.82) is 0 Å². The molecule has 3 heterocycles. The van der Waals surface area contributed by atoms with E-state index in [2.05, 4.69) is 20.6 Å². The molecule has 1 aliphatic heterocycles. The van der Waals surface area contributed by atoms with Gasteiger partial charge >= 0.3 is 6.09 Å². The van der Waals surface area contributed by atoms with E-state index in [0.717, 1.165) is 30.9 Å². The summed E-state index contributed by atoms with van der Waals surface area (Å²) in [5.74, 6) is -0.409. The summed E-state index contributed by atoms with van der Waals surface area (Å²) in [7, 11) is 0. The van der Waals surface area contributed by atoms with E-state index in [1.807, 2.05) is 0 Å². The number of piperidine rings is 1. The Morgan fingerprint density at radius 1 is 1.28 bits per heavy atom. The van der Waals surface area contributed by atoms with Gasteiger partial charge in [0.05, 0.1) is 27.0 Å². The molecule has 7 nitrogen and oxygen atoms in total. The summed E-state index contributed by atoms with van der Waals surface area (Å²) in [5, 5.41) is 15.4. The molecular weight excluding hydrogens is 417 g/mol. The van der Waals surface area contributed by atoms with Gasteiger partial charge in [-0.1, -0.05) is 6.07 Å². The smallest absolute Gasteiger partial charge is 0.409 e. The number of amides is 1. The molecule has 3 aromatic rings.